The Balaban J connectivity index is 0.000000182. The smallest absolute Gasteiger partial charge is 0.272 e. The maximum Gasteiger partial charge on any atom is 0.272 e. The van der Waals surface area contributed by atoms with Crippen molar-refractivity contribution in [1.29, 1.82) is 0 Å². The molecule has 6 aromatic rings. The van der Waals surface area contributed by atoms with E-state index in [2.05, 4.69) is 110 Å². The normalized spacial score (nSPS) is 17.8. The fourth-order valence-corrected chi connectivity index (χ4v) is 7.98. The largest absolute Gasteiger partial charge is 0.374 e. The van der Waals surface area contributed by atoms with Gasteiger partial charge in [-0.15, -0.1) is 0 Å². The van der Waals surface area contributed by atoms with Gasteiger partial charge in [0, 0.05) is 80.0 Å². The molecule has 2 unspecified atom stereocenters. The first kappa shape index (κ1) is 42.6. The Morgan fingerprint density at radius 3 is 1.65 bits per heavy atom. The number of carbonyl (C=O) groups is 2. The van der Waals surface area contributed by atoms with E-state index in [1.807, 2.05) is 38.4 Å². The van der Waals surface area contributed by atoms with E-state index in [-0.39, 0.29) is 35.9 Å². The first-order valence-corrected chi connectivity index (χ1v) is 20.8. The lowest BCUT2D eigenvalue weighted by molar-refractivity contribution is -0.0364. The van der Waals surface area contributed by atoms with Gasteiger partial charge in [-0.05, 0) is 69.8 Å². The maximum atomic E-state index is 13.0. The Morgan fingerprint density at radius 1 is 0.733 bits per heavy atom. The summed E-state index contributed by atoms with van der Waals surface area (Å²) in [6, 6.07) is 4.55. The zero-order valence-electron chi connectivity index (χ0n) is 36.1. The van der Waals surface area contributed by atoms with Gasteiger partial charge in [0.15, 0.2) is 22.7 Å². The van der Waals surface area contributed by atoms with Crippen molar-refractivity contribution < 1.29 is 19.1 Å². The number of aromatic nitrogens is 10. The monoisotopic (exact) mass is 822 g/mol. The predicted molar refractivity (Wildman–Crippen MR) is 227 cm³/mol. The highest BCUT2D eigenvalue weighted by Crippen LogP contribution is 2.32. The van der Waals surface area contributed by atoms with Crippen LogP contribution in [0.5, 0.6) is 0 Å². The Kier molecular flexibility index (Phi) is 13.0. The highest BCUT2D eigenvalue weighted by Gasteiger charge is 2.28. The minimum Gasteiger partial charge on any atom is -0.374 e. The van der Waals surface area contributed by atoms with Crippen LogP contribution in [0.2, 0.25) is 0 Å². The van der Waals surface area contributed by atoms with Crippen LogP contribution in [0.1, 0.15) is 96.6 Å². The first-order chi connectivity index (χ1) is 28.8. The van der Waals surface area contributed by atoms with Gasteiger partial charge >= 0.3 is 0 Å². The van der Waals surface area contributed by atoms with Crippen molar-refractivity contribution in [1.82, 2.24) is 70.0 Å². The topological polar surface area (TPSA) is 201 Å². The fourth-order valence-electron chi connectivity index (χ4n) is 7.98. The summed E-state index contributed by atoms with van der Waals surface area (Å²) in [5.41, 5.74) is 9.80. The maximum absolute atomic E-state index is 13.0. The Hall–Kier alpha value is -5.56. The van der Waals surface area contributed by atoms with Crippen LogP contribution in [0.4, 0.5) is 0 Å². The third-order valence-electron chi connectivity index (χ3n) is 11.1. The molecule has 18 nitrogen and oxygen atoms in total. The van der Waals surface area contributed by atoms with Gasteiger partial charge < -0.3 is 25.0 Å². The molecule has 320 valence electrons. The van der Waals surface area contributed by atoms with Gasteiger partial charge in [-0.2, -0.15) is 20.4 Å². The summed E-state index contributed by atoms with van der Waals surface area (Å²) in [5, 5.41) is 29.4. The third kappa shape index (κ3) is 9.26. The molecule has 2 aliphatic heterocycles. The van der Waals surface area contributed by atoms with Crippen molar-refractivity contribution in [3.8, 4) is 22.5 Å². The van der Waals surface area contributed by atoms with Gasteiger partial charge in [-0.3, -0.25) is 24.7 Å². The highest BCUT2D eigenvalue weighted by atomic mass is 16.5. The van der Waals surface area contributed by atoms with Gasteiger partial charge in [-0.1, -0.05) is 27.7 Å². The predicted octanol–water partition coefficient (Wildman–Crippen LogP) is 4.00. The van der Waals surface area contributed by atoms with Gasteiger partial charge in [0.2, 0.25) is 0 Å². The fraction of sp³-hybridized carbons (Fsp3) is 0.524. The number of hydrogen-bond donors (Lipinski definition) is 4. The van der Waals surface area contributed by atoms with E-state index in [9.17, 15) is 9.59 Å². The number of aryl methyl sites for hydroxylation is 2. The first-order valence-electron chi connectivity index (χ1n) is 20.8. The second kappa shape index (κ2) is 18.4. The van der Waals surface area contributed by atoms with E-state index >= 15 is 0 Å². The van der Waals surface area contributed by atoms with Crippen molar-refractivity contribution >= 4 is 23.1 Å². The average Bonchev–Trinajstić information content (AvgIpc) is 4.05. The number of aromatic amines is 2. The summed E-state index contributed by atoms with van der Waals surface area (Å²) < 4.78 is 15.1. The summed E-state index contributed by atoms with van der Waals surface area (Å²) in [7, 11) is 2.06. The number of H-pyrrole nitrogens is 2. The van der Waals surface area contributed by atoms with E-state index in [0.29, 0.717) is 43.7 Å². The Bertz CT molecular complexity index is 2430. The number of fused-ring (bicyclic) bond motifs is 2. The van der Waals surface area contributed by atoms with Crippen LogP contribution in [0.15, 0.2) is 37.2 Å². The number of nitrogens with zero attached hydrogens (tertiary/aromatic N) is 10. The molecule has 0 bridgehead atoms. The van der Waals surface area contributed by atoms with Crippen molar-refractivity contribution in [2.45, 2.75) is 85.5 Å². The molecule has 0 spiro atoms. The lowest BCUT2D eigenvalue weighted by atomic mass is 9.96. The lowest BCUT2D eigenvalue weighted by Crippen LogP contribution is -2.49. The van der Waals surface area contributed by atoms with Crippen LogP contribution in [0, 0.1) is 13.8 Å². The number of morpholine rings is 2. The van der Waals surface area contributed by atoms with E-state index in [1.165, 1.54) is 12.7 Å². The quantitative estimate of drug-likeness (QED) is 0.147. The van der Waals surface area contributed by atoms with Crippen LogP contribution >= 0.6 is 0 Å². The highest BCUT2D eigenvalue weighted by molar-refractivity contribution is 5.96. The molecule has 4 N–H and O–H groups in total. The molecule has 0 radical (unpaired) electrons. The molecular formula is C42H58N14O4. The van der Waals surface area contributed by atoms with E-state index in [1.54, 1.807) is 9.03 Å². The minimum atomic E-state index is -0.188. The molecule has 0 aromatic carbocycles. The zero-order valence-corrected chi connectivity index (χ0v) is 36.1. The molecule has 2 fully saturated rings. The number of pyridine rings is 2. The Labute approximate surface area is 349 Å². The van der Waals surface area contributed by atoms with Crippen LogP contribution in [0.25, 0.3) is 33.8 Å². The standard InChI is InChI=1S/C22H31N7O2.C20H27N7O2/c1-13(2)18-19(16-8-15(5)21-24-12-25-29(21)10-16)26-27-20(18)22(30)23-9-17-11-28(14(3)4)6-7-31-17;1-12(2)16-17(14-7-13(3)19-22-11-23-27(19)9-14)24-25-18(16)20(28)21-8-15-10-26(4)5-6-29-15/h8,10,12-14,17H,6-7,9,11H2,1-5H3,(H,23,30)(H,26,27);7,9,11-12,15H,5-6,8,10H2,1-4H3,(H,21,28)(H,24,25). The number of likely N-dealkylation sites (N-methyl/N-ethyl adjacent to an activating group) is 1. The molecular weight excluding hydrogens is 765 g/mol. The molecule has 18 heteroatoms. The molecule has 0 saturated carbocycles. The number of ether oxygens (including phenoxy) is 2. The van der Waals surface area contributed by atoms with Gasteiger partial charge in [-0.25, -0.2) is 19.0 Å². The number of amides is 2. The van der Waals surface area contributed by atoms with Crippen molar-refractivity contribution in [2.24, 2.45) is 0 Å². The summed E-state index contributed by atoms with van der Waals surface area (Å²) in [4.78, 5) is 39.0. The number of hydrogen-bond acceptors (Lipinski definition) is 12. The van der Waals surface area contributed by atoms with Gasteiger partial charge in [0.25, 0.3) is 11.8 Å². The summed E-state index contributed by atoms with van der Waals surface area (Å²) in [5.74, 6) is -0.140. The zero-order chi connectivity index (χ0) is 42.7. The SMILES string of the molecule is Cc1cc(-c2[nH]nc(C(=O)NCC3CN(C(C)C)CCO3)c2C(C)C)cn2ncnc12.Cc1cc(-c2[nH]nc(C(=O)NCC3CN(C)CCO3)c2C(C)C)cn2ncnc12. The number of rotatable bonds is 11. The van der Waals surface area contributed by atoms with E-state index in [0.717, 1.165) is 82.2 Å². The third-order valence-corrected chi connectivity index (χ3v) is 11.1. The summed E-state index contributed by atoms with van der Waals surface area (Å²) >= 11 is 0. The van der Waals surface area contributed by atoms with Crippen LogP contribution < -0.4 is 10.6 Å². The number of carbonyl (C=O) groups excluding carboxylic acids is 2. The van der Waals surface area contributed by atoms with Crippen molar-refractivity contribution in [3.05, 3.63) is 70.8 Å². The number of nitrogens with one attached hydrogen (secondary N) is 4. The van der Waals surface area contributed by atoms with Crippen molar-refractivity contribution in [2.75, 3.05) is 59.5 Å². The van der Waals surface area contributed by atoms with Gasteiger partial charge in [0.1, 0.15) is 12.7 Å². The van der Waals surface area contributed by atoms with Gasteiger partial charge in [0.05, 0.1) is 36.8 Å². The molecule has 0 aliphatic carbocycles. The molecule has 60 heavy (non-hydrogen) atoms. The molecule has 2 amide bonds. The lowest BCUT2D eigenvalue weighted by Gasteiger charge is -2.35. The van der Waals surface area contributed by atoms with Crippen LogP contribution in [-0.2, 0) is 9.47 Å². The Morgan fingerprint density at radius 2 is 1.20 bits per heavy atom. The second-order valence-electron chi connectivity index (χ2n) is 16.7. The van der Waals surface area contributed by atoms with Crippen LogP contribution in [-0.4, -0.2) is 149 Å². The van der Waals surface area contributed by atoms with E-state index < -0.39 is 0 Å². The minimum absolute atomic E-state index is 0.00372. The second-order valence-corrected chi connectivity index (χ2v) is 16.7. The summed E-state index contributed by atoms with van der Waals surface area (Å²) in [6.07, 6.45) is 6.87. The molecule has 8 heterocycles. The van der Waals surface area contributed by atoms with Crippen molar-refractivity contribution in [3.63, 3.8) is 0 Å². The molecule has 6 aromatic heterocycles. The van der Waals surface area contributed by atoms with E-state index in [4.69, 9.17) is 9.47 Å². The molecule has 2 atom stereocenters. The van der Waals surface area contributed by atoms with Crippen LogP contribution in [0.3, 0.4) is 0 Å². The molecule has 8 rings (SSSR count). The molecule has 2 saturated heterocycles. The summed E-state index contributed by atoms with van der Waals surface area (Å²) in [6.45, 7) is 22.4. The molecule has 2 aliphatic rings. The average molecular weight is 823 g/mol.